The van der Waals surface area contributed by atoms with E-state index < -0.39 is 0 Å². The van der Waals surface area contributed by atoms with E-state index in [1.165, 1.54) is 0 Å². The first kappa shape index (κ1) is 13.5. The van der Waals surface area contributed by atoms with Crippen LogP contribution in [0.15, 0.2) is 30.3 Å². The van der Waals surface area contributed by atoms with Crippen molar-refractivity contribution in [1.82, 2.24) is 9.80 Å². The fourth-order valence-corrected chi connectivity index (χ4v) is 3.73. The zero-order valence-electron chi connectivity index (χ0n) is 11.6. The van der Waals surface area contributed by atoms with Crippen molar-refractivity contribution in [3.8, 4) is 0 Å². The standard InChI is InChI=1S/C15H19N3OS/c1-17-6-7-18(12(9-16)10-17)15(19)14-8-11-4-2-3-5-13(11)20-14/h2-5,8,12H,6-7,9-10,16H2,1H3. The second-order valence-electron chi connectivity index (χ2n) is 5.30. The van der Waals surface area contributed by atoms with E-state index in [4.69, 9.17) is 5.73 Å². The first-order chi connectivity index (χ1) is 9.69. The van der Waals surface area contributed by atoms with E-state index in [-0.39, 0.29) is 11.9 Å². The maximum Gasteiger partial charge on any atom is 0.264 e. The van der Waals surface area contributed by atoms with Crippen LogP contribution in [0, 0.1) is 0 Å². The molecular weight excluding hydrogens is 270 g/mol. The number of carbonyl (C=O) groups excluding carboxylic acids is 1. The van der Waals surface area contributed by atoms with Crippen molar-refractivity contribution < 1.29 is 4.79 Å². The van der Waals surface area contributed by atoms with Crippen molar-refractivity contribution in [2.45, 2.75) is 6.04 Å². The highest BCUT2D eigenvalue weighted by Crippen LogP contribution is 2.27. The number of likely N-dealkylation sites (N-methyl/N-ethyl adjacent to an activating group) is 1. The van der Waals surface area contributed by atoms with E-state index in [0.29, 0.717) is 6.54 Å². The minimum absolute atomic E-state index is 0.117. The van der Waals surface area contributed by atoms with E-state index in [2.05, 4.69) is 18.0 Å². The van der Waals surface area contributed by atoms with Gasteiger partial charge in [0, 0.05) is 30.9 Å². The van der Waals surface area contributed by atoms with Gasteiger partial charge in [-0.25, -0.2) is 0 Å². The molecule has 0 aliphatic carbocycles. The fourth-order valence-electron chi connectivity index (χ4n) is 2.71. The lowest BCUT2D eigenvalue weighted by molar-refractivity contribution is 0.0521. The highest BCUT2D eigenvalue weighted by Gasteiger charge is 2.29. The first-order valence-corrected chi connectivity index (χ1v) is 7.69. The topological polar surface area (TPSA) is 49.6 Å². The van der Waals surface area contributed by atoms with Gasteiger partial charge in [0.05, 0.1) is 10.9 Å². The molecule has 1 aromatic carbocycles. The van der Waals surface area contributed by atoms with Crippen LogP contribution in [-0.4, -0.2) is 55.0 Å². The van der Waals surface area contributed by atoms with Crippen molar-refractivity contribution in [2.75, 3.05) is 33.2 Å². The van der Waals surface area contributed by atoms with E-state index in [0.717, 1.165) is 34.6 Å². The second kappa shape index (κ2) is 5.52. The van der Waals surface area contributed by atoms with Gasteiger partial charge in [-0.2, -0.15) is 0 Å². The Balaban J connectivity index is 1.87. The molecule has 0 saturated carbocycles. The molecule has 1 aliphatic heterocycles. The fraction of sp³-hybridized carbons (Fsp3) is 0.400. The molecule has 0 radical (unpaired) electrons. The number of nitrogens with zero attached hydrogens (tertiary/aromatic N) is 2. The van der Waals surface area contributed by atoms with Gasteiger partial charge in [-0.05, 0) is 24.6 Å². The number of thiophene rings is 1. The summed E-state index contributed by atoms with van der Waals surface area (Å²) >= 11 is 1.57. The van der Waals surface area contributed by atoms with Crippen LogP contribution in [0.2, 0.25) is 0 Å². The van der Waals surface area contributed by atoms with Gasteiger partial charge in [-0.15, -0.1) is 11.3 Å². The minimum Gasteiger partial charge on any atom is -0.331 e. The molecule has 0 spiro atoms. The number of hydrogen-bond acceptors (Lipinski definition) is 4. The maximum atomic E-state index is 12.7. The SMILES string of the molecule is CN1CCN(C(=O)c2cc3ccccc3s2)C(CN)C1. The third-order valence-electron chi connectivity index (χ3n) is 3.86. The summed E-state index contributed by atoms with van der Waals surface area (Å²) in [4.78, 5) is 17.7. The Hall–Kier alpha value is -1.43. The summed E-state index contributed by atoms with van der Waals surface area (Å²) in [6.45, 7) is 3.03. The van der Waals surface area contributed by atoms with Crippen LogP contribution in [-0.2, 0) is 0 Å². The molecular formula is C15H19N3OS. The van der Waals surface area contributed by atoms with Gasteiger partial charge in [0.25, 0.3) is 5.91 Å². The number of amides is 1. The average Bonchev–Trinajstić information content (AvgIpc) is 2.90. The summed E-state index contributed by atoms with van der Waals surface area (Å²) in [5, 5.41) is 1.14. The highest BCUT2D eigenvalue weighted by molar-refractivity contribution is 7.20. The molecule has 106 valence electrons. The molecule has 5 heteroatoms. The third kappa shape index (κ3) is 2.44. The van der Waals surface area contributed by atoms with Gasteiger partial charge < -0.3 is 15.5 Å². The minimum atomic E-state index is 0.117. The van der Waals surface area contributed by atoms with Gasteiger partial charge in [0.1, 0.15) is 0 Å². The normalized spacial score (nSPS) is 20.5. The smallest absolute Gasteiger partial charge is 0.264 e. The maximum absolute atomic E-state index is 12.7. The summed E-state index contributed by atoms with van der Waals surface area (Å²) in [7, 11) is 2.07. The van der Waals surface area contributed by atoms with Gasteiger partial charge in [0.15, 0.2) is 0 Å². The molecule has 0 bridgehead atoms. The molecule has 4 nitrogen and oxygen atoms in total. The molecule has 20 heavy (non-hydrogen) atoms. The monoisotopic (exact) mass is 289 g/mol. The van der Waals surface area contributed by atoms with Crippen LogP contribution >= 0.6 is 11.3 Å². The molecule has 2 heterocycles. The Morgan fingerprint density at radius 1 is 1.40 bits per heavy atom. The molecule has 3 rings (SSSR count). The summed E-state index contributed by atoms with van der Waals surface area (Å²) in [5.41, 5.74) is 5.83. The predicted octanol–water partition coefficient (Wildman–Crippen LogP) is 1.62. The zero-order chi connectivity index (χ0) is 14.1. The Bertz CT molecular complexity index is 591. The van der Waals surface area contributed by atoms with Crippen molar-refractivity contribution in [2.24, 2.45) is 5.73 Å². The largest absolute Gasteiger partial charge is 0.331 e. The summed E-state index contributed by atoms with van der Waals surface area (Å²) in [6.07, 6.45) is 0. The van der Waals surface area contributed by atoms with Gasteiger partial charge in [0.2, 0.25) is 0 Å². The Morgan fingerprint density at radius 2 is 2.20 bits per heavy atom. The molecule has 1 unspecified atom stereocenters. The van der Waals surface area contributed by atoms with Crippen molar-refractivity contribution in [3.05, 3.63) is 35.2 Å². The lowest BCUT2D eigenvalue weighted by atomic mass is 10.1. The number of hydrogen-bond donors (Lipinski definition) is 1. The molecule has 2 N–H and O–H groups in total. The van der Waals surface area contributed by atoms with Crippen LogP contribution in [0.5, 0.6) is 0 Å². The second-order valence-corrected chi connectivity index (χ2v) is 6.38. The van der Waals surface area contributed by atoms with Crippen LogP contribution in [0.4, 0.5) is 0 Å². The Labute approximate surface area is 122 Å². The third-order valence-corrected chi connectivity index (χ3v) is 4.96. The van der Waals surface area contributed by atoms with E-state index in [1.54, 1.807) is 11.3 Å². The lowest BCUT2D eigenvalue weighted by Gasteiger charge is -2.39. The average molecular weight is 289 g/mol. The van der Waals surface area contributed by atoms with Gasteiger partial charge in [-0.3, -0.25) is 4.79 Å². The van der Waals surface area contributed by atoms with E-state index >= 15 is 0 Å². The predicted molar refractivity (Wildman–Crippen MR) is 83.2 cm³/mol. The molecule has 1 amide bonds. The van der Waals surface area contributed by atoms with Gasteiger partial charge >= 0.3 is 0 Å². The van der Waals surface area contributed by atoms with E-state index in [1.807, 2.05) is 29.2 Å². The number of carbonyl (C=O) groups is 1. The van der Waals surface area contributed by atoms with Crippen LogP contribution in [0.3, 0.4) is 0 Å². The first-order valence-electron chi connectivity index (χ1n) is 6.87. The molecule has 1 saturated heterocycles. The molecule has 1 aliphatic rings. The molecule has 1 atom stereocenters. The Kier molecular flexibility index (Phi) is 3.74. The molecule has 1 aromatic heterocycles. The summed E-state index contributed by atoms with van der Waals surface area (Å²) in [6, 6.07) is 10.2. The highest BCUT2D eigenvalue weighted by atomic mass is 32.1. The quantitative estimate of drug-likeness (QED) is 0.914. The van der Waals surface area contributed by atoms with E-state index in [9.17, 15) is 4.79 Å². The number of nitrogens with two attached hydrogens (primary N) is 1. The van der Waals surface area contributed by atoms with Crippen LogP contribution in [0.1, 0.15) is 9.67 Å². The van der Waals surface area contributed by atoms with Crippen LogP contribution in [0.25, 0.3) is 10.1 Å². The number of piperazine rings is 1. The number of rotatable bonds is 2. The van der Waals surface area contributed by atoms with Crippen molar-refractivity contribution >= 4 is 27.3 Å². The van der Waals surface area contributed by atoms with Crippen molar-refractivity contribution in [3.63, 3.8) is 0 Å². The van der Waals surface area contributed by atoms with Gasteiger partial charge in [-0.1, -0.05) is 18.2 Å². The number of benzene rings is 1. The molecule has 2 aromatic rings. The lowest BCUT2D eigenvalue weighted by Crippen LogP contribution is -2.56. The van der Waals surface area contributed by atoms with Crippen LogP contribution < -0.4 is 5.73 Å². The Morgan fingerprint density at radius 3 is 2.95 bits per heavy atom. The zero-order valence-corrected chi connectivity index (χ0v) is 12.4. The number of fused-ring (bicyclic) bond motifs is 1. The van der Waals surface area contributed by atoms with Crippen molar-refractivity contribution in [1.29, 1.82) is 0 Å². The summed E-state index contributed by atoms with van der Waals surface area (Å²) < 4.78 is 1.16. The molecule has 1 fully saturated rings. The summed E-state index contributed by atoms with van der Waals surface area (Å²) in [5.74, 6) is 0.120.